The zero-order valence-corrected chi connectivity index (χ0v) is 14.6. The van der Waals surface area contributed by atoms with E-state index in [-0.39, 0.29) is 11.8 Å². The highest BCUT2D eigenvalue weighted by Gasteiger charge is 2.19. The van der Waals surface area contributed by atoms with Gasteiger partial charge in [-0.1, -0.05) is 35.8 Å². The van der Waals surface area contributed by atoms with Crippen LogP contribution in [0.5, 0.6) is 0 Å². The van der Waals surface area contributed by atoms with Crippen molar-refractivity contribution in [2.24, 2.45) is 0 Å². The molecule has 2 aromatic rings. The lowest BCUT2D eigenvalue weighted by Crippen LogP contribution is -2.14. The Morgan fingerprint density at radius 1 is 1.35 bits per heavy atom. The highest BCUT2D eigenvalue weighted by molar-refractivity contribution is 9.10. The first-order valence-corrected chi connectivity index (χ1v) is 7.80. The number of halogens is 2. The lowest BCUT2D eigenvalue weighted by atomic mass is 10.1. The summed E-state index contributed by atoms with van der Waals surface area (Å²) in [5.41, 5.74) is 3.05. The van der Waals surface area contributed by atoms with Gasteiger partial charge in [-0.3, -0.25) is 9.89 Å². The van der Waals surface area contributed by atoms with Gasteiger partial charge in [0.2, 0.25) is 0 Å². The minimum Gasteiger partial charge on any atom is -0.320 e. The zero-order chi connectivity index (χ0) is 14.9. The summed E-state index contributed by atoms with van der Waals surface area (Å²) in [4.78, 5) is 12.3. The number of anilines is 1. The molecule has 0 saturated heterocycles. The molecule has 1 aromatic carbocycles. The van der Waals surface area contributed by atoms with Gasteiger partial charge in [0.05, 0.1) is 10.2 Å². The van der Waals surface area contributed by atoms with E-state index in [2.05, 4.69) is 47.4 Å². The lowest BCUT2D eigenvalue weighted by molar-refractivity contribution is 0.102. The molecule has 4 nitrogen and oxygen atoms in total. The smallest absolute Gasteiger partial charge is 0.277 e. The molecule has 0 saturated carbocycles. The van der Waals surface area contributed by atoms with Crippen molar-refractivity contribution in [3.63, 3.8) is 0 Å². The molecule has 2 N–H and O–H groups in total. The van der Waals surface area contributed by atoms with Crippen LogP contribution in [0, 0.1) is 6.92 Å². The van der Waals surface area contributed by atoms with Crippen LogP contribution in [0.15, 0.2) is 27.1 Å². The maximum atomic E-state index is 12.3. The second-order valence-corrected chi connectivity index (χ2v) is 6.58. The quantitative estimate of drug-likeness (QED) is 0.789. The third-order valence-electron chi connectivity index (χ3n) is 2.97. The number of rotatable bonds is 3. The fourth-order valence-corrected chi connectivity index (χ4v) is 2.96. The van der Waals surface area contributed by atoms with E-state index in [9.17, 15) is 4.79 Å². The number of benzene rings is 1. The number of hydrogen-bond donors (Lipinski definition) is 2. The van der Waals surface area contributed by atoms with Crippen LogP contribution in [-0.4, -0.2) is 16.1 Å². The molecule has 0 aliphatic carbocycles. The molecule has 0 unspecified atom stereocenters. The molecular formula is C14H15Br2N3O. The number of nitrogens with zero attached hydrogens (tertiary/aromatic N) is 1. The second kappa shape index (κ2) is 6.10. The van der Waals surface area contributed by atoms with Crippen LogP contribution in [0.4, 0.5) is 5.69 Å². The van der Waals surface area contributed by atoms with Crippen LogP contribution >= 0.6 is 31.9 Å². The Morgan fingerprint density at radius 2 is 2.05 bits per heavy atom. The Labute approximate surface area is 134 Å². The molecular weight excluding hydrogens is 386 g/mol. The molecule has 0 atom stereocenters. The van der Waals surface area contributed by atoms with Crippen LogP contribution in [0.2, 0.25) is 0 Å². The predicted octanol–water partition coefficient (Wildman–Crippen LogP) is 4.62. The highest BCUT2D eigenvalue weighted by Crippen LogP contribution is 2.27. The topological polar surface area (TPSA) is 57.8 Å². The zero-order valence-electron chi connectivity index (χ0n) is 11.4. The molecule has 20 heavy (non-hydrogen) atoms. The Bertz CT molecular complexity index is 650. The van der Waals surface area contributed by atoms with E-state index in [0.29, 0.717) is 5.69 Å². The van der Waals surface area contributed by atoms with E-state index >= 15 is 0 Å². The van der Waals surface area contributed by atoms with E-state index in [1.54, 1.807) is 0 Å². The van der Waals surface area contributed by atoms with Gasteiger partial charge in [0.25, 0.3) is 5.91 Å². The van der Waals surface area contributed by atoms with Gasteiger partial charge in [0.1, 0.15) is 0 Å². The number of aromatic amines is 1. The van der Waals surface area contributed by atoms with Crippen LogP contribution in [0.1, 0.15) is 41.5 Å². The van der Waals surface area contributed by atoms with E-state index < -0.39 is 0 Å². The first-order chi connectivity index (χ1) is 9.40. The molecule has 0 spiro atoms. The maximum absolute atomic E-state index is 12.3. The fraction of sp³-hybridized carbons (Fsp3) is 0.286. The van der Waals surface area contributed by atoms with Crippen LogP contribution < -0.4 is 5.32 Å². The SMILES string of the molecule is Cc1ccc(Br)cc1NC(=O)c1n[nH]c(C(C)C)c1Br. The first-order valence-electron chi connectivity index (χ1n) is 6.21. The summed E-state index contributed by atoms with van der Waals surface area (Å²) in [6, 6.07) is 5.75. The number of hydrogen-bond acceptors (Lipinski definition) is 2. The Hall–Kier alpha value is -1.14. The lowest BCUT2D eigenvalue weighted by Gasteiger charge is -2.08. The third kappa shape index (κ3) is 3.12. The molecule has 1 heterocycles. The van der Waals surface area contributed by atoms with E-state index in [1.807, 2.05) is 39.0 Å². The van der Waals surface area contributed by atoms with Crippen molar-refractivity contribution in [2.75, 3.05) is 5.32 Å². The largest absolute Gasteiger partial charge is 0.320 e. The van der Waals surface area contributed by atoms with E-state index in [0.717, 1.165) is 25.9 Å². The summed E-state index contributed by atoms with van der Waals surface area (Å²) in [6.07, 6.45) is 0. The summed E-state index contributed by atoms with van der Waals surface area (Å²) in [7, 11) is 0. The third-order valence-corrected chi connectivity index (χ3v) is 4.27. The van der Waals surface area contributed by atoms with Crippen LogP contribution in [0.25, 0.3) is 0 Å². The molecule has 106 valence electrons. The Kier molecular flexibility index (Phi) is 4.65. The van der Waals surface area contributed by atoms with E-state index in [1.165, 1.54) is 0 Å². The van der Waals surface area contributed by atoms with Gasteiger partial charge >= 0.3 is 0 Å². The fourth-order valence-electron chi connectivity index (χ4n) is 1.79. The highest BCUT2D eigenvalue weighted by atomic mass is 79.9. The number of H-pyrrole nitrogens is 1. The van der Waals surface area contributed by atoms with Gasteiger partial charge in [0, 0.05) is 10.2 Å². The number of carbonyl (C=O) groups excluding carboxylic acids is 1. The number of carbonyl (C=O) groups is 1. The number of aryl methyl sites for hydroxylation is 1. The molecule has 6 heteroatoms. The van der Waals surface area contributed by atoms with Crippen LogP contribution in [-0.2, 0) is 0 Å². The summed E-state index contributed by atoms with van der Waals surface area (Å²) >= 11 is 6.83. The molecule has 1 aromatic heterocycles. The van der Waals surface area contributed by atoms with Gasteiger partial charge in [-0.05, 0) is 46.5 Å². The standard InChI is InChI=1S/C14H15Br2N3O/c1-7(2)12-11(16)13(19-18-12)14(20)17-10-6-9(15)5-4-8(10)3/h4-7H,1-3H3,(H,17,20)(H,18,19). The van der Waals surface area contributed by atoms with Crippen molar-refractivity contribution in [2.45, 2.75) is 26.7 Å². The Morgan fingerprint density at radius 3 is 2.65 bits per heavy atom. The monoisotopic (exact) mass is 399 g/mol. The number of amides is 1. The van der Waals surface area contributed by atoms with Gasteiger partial charge in [0.15, 0.2) is 5.69 Å². The van der Waals surface area contributed by atoms with Crippen LogP contribution in [0.3, 0.4) is 0 Å². The molecule has 0 fully saturated rings. The number of nitrogens with one attached hydrogen (secondary N) is 2. The molecule has 0 radical (unpaired) electrons. The average molecular weight is 401 g/mol. The van der Waals surface area contributed by atoms with Gasteiger partial charge in [-0.2, -0.15) is 5.10 Å². The van der Waals surface area contributed by atoms with Gasteiger partial charge in [-0.15, -0.1) is 0 Å². The summed E-state index contributed by atoms with van der Waals surface area (Å²) in [5, 5.41) is 9.87. The van der Waals surface area contributed by atoms with Crippen molar-refractivity contribution in [1.82, 2.24) is 10.2 Å². The molecule has 2 rings (SSSR count). The molecule has 0 aliphatic heterocycles. The summed E-state index contributed by atoms with van der Waals surface area (Å²) < 4.78 is 1.64. The predicted molar refractivity (Wildman–Crippen MR) is 87.2 cm³/mol. The number of aromatic nitrogens is 2. The van der Waals surface area contributed by atoms with E-state index in [4.69, 9.17) is 0 Å². The summed E-state index contributed by atoms with van der Waals surface area (Å²) in [5.74, 6) is 0.0345. The molecule has 0 bridgehead atoms. The minimum absolute atomic E-state index is 0.235. The van der Waals surface area contributed by atoms with Crippen molar-refractivity contribution >= 4 is 43.5 Å². The molecule has 1 amide bonds. The Balaban J connectivity index is 2.26. The first kappa shape index (κ1) is 15.3. The van der Waals surface area contributed by atoms with Crippen molar-refractivity contribution < 1.29 is 4.79 Å². The maximum Gasteiger partial charge on any atom is 0.277 e. The normalized spacial score (nSPS) is 10.9. The van der Waals surface area contributed by atoms with Crippen molar-refractivity contribution in [1.29, 1.82) is 0 Å². The second-order valence-electron chi connectivity index (χ2n) is 4.87. The minimum atomic E-state index is -0.235. The average Bonchev–Trinajstić information content (AvgIpc) is 2.76. The van der Waals surface area contributed by atoms with Gasteiger partial charge in [-0.25, -0.2) is 0 Å². The van der Waals surface area contributed by atoms with Crippen molar-refractivity contribution in [3.05, 3.63) is 44.1 Å². The molecule has 0 aliphatic rings. The van der Waals surface area contributed by atoms with Crippen molar-refractivity contribution in [3.8, 4) is 0 Å². The van der Waals surface area contributed by atoms with Gasteiger partial charge < -0.3 is 5.32 Å². The summed E-state index contributed by atoms with van der Waals surface area (Å²) in [6.45, 7) is 6.03.